The van der Waals surface area contributed by atoms with Crippen molar-refractivity contribution in [2.45, 2.75) is 0 Å². The molecule has 0 bridgehead atoms. The molecule has 0 aliphatic rings. The summed E-state index contributed by atoms with van der Waals surface area (Å²) in [5.41, 5.74) is 0.485. The predicted molar refractivity (Wildman–Crippen MR) is 71.0 cm³/mol. The van der Waals surface area contributed by atoms with Crippen molar-refractivity contribution in [3.63, 3.8) is 0 Å². The molecule has 0 spiro atoms. The minimum absolute atomic E-state index is 0.0253. The fraction of sp³-hybridized carbons (Fsp3) is 0.286. The van der Waals surface area contributed by atoms with Gasteiger partial charge in [0.1, 0.15) is 26.4 Å². The Hall–Kier alpha value is -2.90. The number of rotatable bonds is 10. The first-order valence-corrected chi connectivity index (χ1v) is 6.24. The lowest BCUT2D eigenvalue weighted by Gasteiger charge is -2.06. The second kappa shape index (κ2) is 9.92. The normalized spacial score (nSPS) is 9.45. The molecule has 0 aliphatic carbocycles. The van der Waals surface area contributed by atoms with Gasteiger partial charge in [-0.25, -0.2) is 9.59 Å². The van der Waals surface area contributed by atoms with E-state index in [9.17, 15) is 19.2 Å². The summed E-state index contributed by atoms with van der Waals surface area (Å²) in [5, 5.41) is 0. The Balaban J connectivity index is 2.44. The molecule has 0 aliphatic heterocycles. The molecule has 1 aromatic carbocycles. The van der Waals surface area contributed by atoms with Gasteiger partial charge >= 0.3 is 11.9 Å². The van der Waals surface area contributed by atoms with Crippen molar-refractivity contribution in [3.05, 3.63) is 35.4 Å². The second-order valence-electron chi connectivity index (χ2n) is 3.78. The quantitative estimate of drug-likeness (QED) is 0.264. The number of ether oxygens (including phenoxy) is 4. The van der Waals surface area contributed by atoms with Gasteiger partial charge in [0.25, 0.3) is 12.9 Å². The number of benzene rings is 1. The number of carbonyl (C=O) groups excluding carboxylic acids is 4. The van der Waals surface area contributed by atoms with E-state index in [4.69, 9.17) is 9.47 Å². The first kappa shape index (κ1) is 17.2. The number of esters is 2. The van der Waals surface area contributed by atoms with E-state index in [-0.39, 0.29) is 50.5 Å². The molecule has 0 saturated carbocycles. The summed E-state index contributed by atoms with van der Waals surface area (Å²) in [6, 6.07) is 5.62. The largest absolute Gasteiger partial charge is 0.464 e. The molecule has 118 valence electrons. The molecular weight excluding hydrogens is 296 g/mol. The smallest absolute Gasteiger partial charge is 0.338 e. The van der Waals surface area contributed by atoms with E-state index < -0.39 is 11.9 Å². The zero-order valence-corrected chi connectivity index (χ0v) is 11.6. The molecular formula is C14H14O8. The number of hydrogen-bond acceptors (Lipinski definition) is 8. The highest BCUT2D eigenvalue weighted by atomic mass is 16.6. The lowest BCUT2D eigenvalue weighted by atomic mass is 10.1. The molecule has 8 nitrogen and oxygen atoms in total. The SMILES string of the molecule is O=COCCOC(=O)c1ccc(C(=O)OCCOC=O)cc1. The van der Waals surface area contributed by atoms with E-state index in [2.05, 4.69) is 9.47 Å². The molecule has 0 atom stereocenters. The zero-order valence-electron chi connectivity index (χ0n) is 11.6. The first-order valence-electron chi connectivity index (χ1n) is 6.24. The molecule has 0 heterocycles. The van der Waals surface area contributed by atoms with Gasteiger partial charge in [-0.15, -0.1) is 0 Å². The molecule has 0 saturated heterocycles. The van der Waals surface area contributed by atoms with Crippen molar-refractivity contribution < 1.29 is 38.1 Å². The molecule has 0 N–H and O–H groups in total. The van der Waals surface area contributed by atoms with E-state index in [0.717, 1.165) is 0 Å². The Bertz CT molecular complexity index is 461. The maximum absolute atomic E-state index is 11.6. The van der Waals surface area contributed by atoms with Crippen molar-refractivity contribution in [2.75, 3.05) is 26.4 Å². The fourth-order valence-corrected chi connectivity index (χ4v) is 1.37. The number of carbonyl (C=O) groups is 4. The van der Waals surface area contributed by atoms with Gasteiger partial charge in [-0.2, -0.15) is 0 Å². The summed E-state index contributed by atoms with van der Waals surface area (Å²) in [6.45, 7) is 0.351. The van der Waals surface area contributed by atoms with Gasteiger partial charge in [0.05, 0.1) is 11.1 Å². The summed E-state index contributed by atoms with van der Waals surface area (Å²) in [4.78, 5) is 43.0. The Labute approximate surface area is 125 Å². The van der Waals surface area contributed by atoms with E-state index in [1.165, 1.54) is 24.3 Å². The highest BCUT2D eigenvalue weighted by Gasteiger charge is 2.10. The maximum Gasteiger partial charge on any atom is 0.338 e. The molecule has 0 aromatic heterocycles. The van der Waals surface area contributed by atoms with Gasteiger partial charge in [0.2, 0.25) is 0 Å². The van der Waals surface area contributed by atoms with E-state index in [1.807, 2.05) is 0 Å². The molecule has 0 radical (unpaired) electrons. The van der Waals surface area contributed by atoms with E-state index in [1.54, 1.807) is 0 Å². The van der Waals surface area contributed by atoms with E-state index >= 15 is 0 Å². The van der Waals surface area contributed by atoms with Crippen LogP contribution in [0.2, 0.25) is 0 Å². The monoisotopic (exact) mass is 310 g/mol. The van der Waals surface area contributed by atoms with E-state index in [0.29, 0.717) is 0 Å². The van der Waals surface area contributed by atoms with Gasteiger partial charge in [-0.1, -0.05) is 0 Å². The molecule has 0 fully saturated rings. The minimum Gasteiger partial charge on any atom is -0.464 e. The van der Waals surface area contributed by atoms with Crippen LogP contribution < -0.4 is 0 Å². The van der Waals surface area contributed by atoms with Gasteiger partial charge in [0, 0.05) is 0 Å². The zero-order chi connectivity index (χ0) is 16.2. The average molecular weight is 310 g/mol. The molecule has 1 aromatic rings. The molecule has 8 heteroatoms. The van der Waals surface area contributed by atoms with Gasteiger partial charge < -0.3 is 18.9 Å². The second-order valence-corrected chi connectivity index (χ2v) is 3.78. The van der Waals surface area contributed by atoms with Gasteiger partial charge in [-0.3, -0.25) is 9.59 Å². The van der Waals surface area contributed by atoms with Crippen LogP contribution in [-0.4, -0.2) is 51.3 Å². The topological polar surface area (TPSA) is 105 Å². The summed E-state index contributed by atoms with van der Waals surface area (Å²) < 4.78 is 18.4. The number of hydrogen-bond donors (Lipinski definition) is 0. The molecule has 0 unspecified atom stereocenters. The summed E-state index contributed by atoms with van der Waals surface area (Å²) >= 11 is 0. The van der Waals surface area contributed by atoms with Crippen LogP contribution in [0.1, 0.15) is 20.7 Å². The third-order valence-corrected chi connectivity index (χ3v) is 2.36. The lowest BCUT2D eigenvalue weighted by molar-refractivity contribution is -0.130. The van der Waals surface area contributed by atoms with Crippen LogP contribution in [0.4, 0.5) is 0 Å². The third kappa shape index (κ3) is 6.04. The van der Waals surface area contributed by atoms with Crippen LogP contribution in [0.3, 0.4) is 0 Å². The van der Waals surface area contributed by atoms with Gasteiger partial charge in [0.15, 0.2) is 0 Å². The Morgan fingerprint density at radius 3 is 1.41 bits per heavy atom. The summed E-state index contributed by atoms with van der Waals surface area (Å²) in [5.74, 6) is -1.21. The molecule has 22 heavy (non-hydrogen) atoms. The first-order chi connectivity index (χ1) is 10.7. The minimum atomic E-state index is -0.603. The van der Waals surface area contributed by atoms with Gasteiger partial charge in [-0.05, 0) is 24.3 Å². The third-order valence-electron chi connectivity index (χ3n) is 2.36. The molecule has 1 rings (SSSR count). The maximum atomic E-state index is 11.6. The van der Waals surface area contributed by atoms with Crippen molar-refractivity contribution in [3.8, 4) is 0 Å². The van der Waals surface area contributed by atoms with Crippen LogP contribution in [0, 0.1) is 0 Å². The van der Waals surface area contributed by atoms with Crippen molar-refractivity contribution >= 4 is 24.9 Å². The Morgan fingerprint density at radius 2 is 1.09 bits per heavy atom. The van der Waals surface area contributed by atoms with Crippen LogP contribution in [0.5, 0.6) is 0 Å². The summed E-state index contributed by atoms with van der Waals surface area (Å²) in [7, 11) is 0. The highest BCUT2D eigenvalue weighted by molar-refractivity contribution is 5.93. The van der Waals surface area contributed by atoms with Crippen molar-refractivity contribution in [2.24, 2.45) is 0 Å². The van der Waals surface area contributed by atoms with Crippen LogP contribution in [0.25, 0.3) is 0 Å². The van der Waals surface area contributed by atoms with Crippen molar-refractivity contribution in [1.82, 2.24) is 0 Å². The molecule has 0 amide bonds. The standard InChI is InChI=1S/C14H14O8/c15-9-19-5-7-21-13(17)11-1-2-12(4-3-11)14(18)22-8-6-20-10-16/h1-4,9-10H,5-8H2. The lowest BCUT2D eigenvalue weighted by Crippen LogP contribution is -2.12. The Morgan fingerprint density at radius 1 is 0.727 bits per heavy atom. The van der Waals surface area contributed by atoms with Crippen LogP contribution in [0.15, 0.2) is 24.3 Å². The van der Waals surface area contributed by atoms with Crippen LogP contribution >= 0.6 is 0 Å². The highest BCUT2D eigenvalue weighted by Crippen LogP contribution is 2.07. The predicted octanol–water partition coefficient (Wildman–Crippen LogP) is 0.346. The Kier molecular flexibility index (Phi) is 7.73. The fourth-order valence-electron chi connectivity index (χ4n) is 1.37. The average Bonchev–Trinajstić information content (AvgIpc) is 2.55. The summed E-state index contributed by atoms with van der Waals surface area (Å²) in [6.07, 6.45) is 0. The van der Waals surface area contributed by atoms with Crippen molar-refractivity contribution in [1.29, 1.82) is 0 Å². The van der Waals surface area contributed by atoms with Crippen LogP contribution in [-0.2, 0) is 28.5 Å².